The van der Waals surface area contributed by atoms with E-state index in [0.717, 1.165) is 17.7 Å². The molecule has 1 aromatic carbocycles. The van der Waals surface area contributed by atoms with Gasteiger partial charge in [-0.1, -0.05) is 17.4 Å². The number of hydrogen-bond acceptors (Lipinski definition) is 9. The van der Waals surface area contributed by atoms with Gasteiger partial charge >= 0.3 is 0 Å². The van der Waals surface area contributed by atoms with Crippen molar-refractivity contribution < 1.29 is 22.7 Å². The Labute approximate surface area is 236 Å². The maximum Gasteiger partial charge on any atom is 0.256 e. The minimum atomic E-state index is -3.90. The Hall–Kier alpha value is -3.39. The third-order valence-electron chi connectivity index (χ3n) is 7.64. The topological polar surface area (TPSA) is 134 Å². The smallest absolute Gasteiger partial charge is 0.256 e. The Kier molecular flexibility index (Phi) is 6.85. The highest BCUT2D eigenvalue weighted by Crippen LogP contribution is 2.42. The van der Waals surface area contributed by atoms with Crippen molar-refractivity contribution in [2.75, 3.05) is 37.0 Å². The molecule has 2 aromatic heterocycles. The lowest BCUT2D eigenvalue weighted by Crippen LogP contribution is -2.42. The van der Waals surface area contributed by atoms with Gasteiger partial charge in [0.1, 0.15) is 18.2 Å². The number of fused-ring (bicyclic) bond motifs is 1. The van der Waals surface area contributed by atoms with Crippen LogP contribution < -0.4 is 14.9 Å². The Balaban J connectivity index is 1.33. The number of benzene rings is 1. The number of carbonyl (C=O) groups is 2. The van der Waals surface area contributed by atoms with E-state index in [2.05, 4.69) is 20.0 Å². The summed E-state index contributed by atoms with van der Waals surface area (Å²) >= 11 is 1.37. The zero-order valence-electron chi connectivity index (χ0n) is 22.4. The van der Waals surface area contributed by atoms with Crippen molar-refractivity contribution >= 4 is 49.9 Å². The molecular formula is C27H30N6O5S2. The maximum atomic E-state index is 13.4. The molecule has 3 aliphatic rings. The average Bonchev–Trinajstić information content (AvgIpc) is 3.66. The molecule has 40 heavy (non-hydrogen) atoms. The number of morpholine rings is 1. The second-order valence-electron chi connectivity index (χ2n) is 10.3. The number of ether oxygens (including phenoxy) is 1. The number of aryl methyl sites for hydroxylation is 1. The van der Waals surface area contributed by atoms with Gasteiger partial charge in [-0.2, -0.15) is 0 Å². The first-order chi connectivity index (χ1) is 19.2. The van der Waals surface area contributed by atoms with E-state index >= 15 is 0 Å². The quantitative estimate of drug-likeness (QED) is 0.413. The predicted molar refractivity (Wildman–Crippen MR) is 151 cm³/mol. The number of thiazole rings is 1. The monoisotopic (exact) mass is 582 g/mol. The van der Waals surface area contributed by atoms with Gasteiger partial charge in [-0.25, -0.2) is 23.1 Å². The third-order valence-corrected chi connectivity index (χ3v) is 10.2. The summed E-state index contributed by atoms with van der Waals surface area (Å²) in [6.45, 7) is 5.20. The zero-order chi connectivity index (χ0) is 28.2. The van der Waals surface area contributed by atoms with Gasteiger partial charge in [-0.05, 0) is 75.0 Å². The van der Waals surface area contributed by atoms with Crippen LogP contribution in [0.4, 0.5) is 16.8 Å². The van der Waals surface area contributed by atoms with Crippen molar-refractivity contribution in [2.45, 2.75) is 44.2 Å². The summed E-state index contributed by atoms with van der Waals surface area (Å²) in [4.78, 5) is 39.1. The Morgan fingerprint density at radius 3 is 2.70 bits per heavy atom. The average molecular weight is 583 g/mol. The number of aromatic nitrogens is 2. The summed E-state index contributed by atoms with van der Waals surface area (Å²) in [6, 6.07) is 8.92. The van der Waals surface area contributed by atoms with Crippen LogP contribution in [0.5, 0.6) is 0 Å². The van der Waals surface area contributed by atoms with Gasteiger partial charge in [-0.3, -0.25) is 14.5 Å². The molecule has 1 unspecified atom stereocenters. The molecule has 1 aliphatic carbocycles. The number of rotatable bonds is 8. The van der Waals surface area contributed by atoms with Crippen LogP contribution in [0.25, 0.3) is 10.4 Å². The van der Waals surface area contributed by atoms with Crippen LogP contribution in [0, 0.1) is 12.8 Å². The van der Waals surface area contributed by atoms with E-state index in [1.54, 1.807) is 28.0 Å². The van der Waals surface area contributed by atoms with Crippen LogP contribution in [0.1, 0.15) is 41.4 Å². The minimum absolute atomic E-state index is 0.00940. The number of anilines is 3. The molecular weight excluding hydrogens is 552 g/mol. The molecule has 0 bridgehead atoms. The second kappa shape index (κ2) is 10.2. The lowest BCUT2D eigenvalue weighted by Gasteiger charge is -2.26. The van der Waals surface area contributed by atoms with Crippen LogP contribution >= 0.6 is 11.3 Å². The van der Waals surface area contributed by atoms with Crippen LogP contribution in [-0.4, -0.2) is 67.9 Å². The number of nitrogens with one attached hydrogen (secondary N) is 2. The molecule has 1 atom stereocenters. The van der Waals surface area contributed by atoms with Gasteiger partial charge in [0.25, 0.3) is 11.8 Å². The summed E-state index contributed by atoms with van der Waals surface area (Å²) in [6.07, 6.45) is 2.18. The van der Waals surface area contributed by atoms with E-state index in [9.17, 15) is 18.0 Å². The largest absolute Gasteiger partial charge is 0.370 e. The molecule has 2 aliphatic heterocycles. The number of nitrogens with zero attached hydrogens (tertiary/aromatic N) is 4. The third kappa shape index (κ3) is 4.87. The van der Waals surface area contributed by atoms with Gasteiger partial charge in [0.2, 0.25) is 10.0 Å². The van der Waals surface area contributed by atoms with E-state index in [-0.39, 0.29) is 34.9 Å². The van der Waals surface area contributed by atoms with Crippen LogP contribution in [0.15, 0.2) is 35.2 Å². The Bertz CT molecular complexity index is 1620. The fraction of sp³-hybridized carbons (Fsp3) is 0.407. The first kappa shape index (κ1) is 26.8. The van der Waals surface area contributed by atoms with Gasteiger partial charge in [0, 0.05) is 12.6 Å². The standard InChI is InChI=1S/C27H30N6O5S2/c1-15-25(39-27(29-15)31-21-5-4-6-22(30-21)32-9-10-38-14-23(32)34)18-11-19-13-33(16(2)17-7-8-17)26(35)24(19)20(12-18)40(36,37)28-3/h4-6,11-12,16-17,28H,7-10,13-14H2,1-3H3,(H,29,30,31). The van der Waals surface area contributed by atoms with Crippen molar-refractivity contribution in [3.63, 3.8) is 0 Å². The van der Waals surface area contributed by atoms with E-state index in [1.807, 2.05) is 26.0 Å². The number of pyridine rings is 1. The van der Waals surface area contributed by atoms with E-state index in [4.69, 9.17) is 4.74 Å². The predicted octanol–water partition coefficient (Wildman–Crippen LogP) is 3.28. The van der Waals surface area contributed by atoms with Gasteiger partial charge in [-0.15, -0.1) is 0 Å². The van der Waals surface area contributed by atoms with E-state index in [1.165, 1.54) is 18.4 Å². The Morgan fingerprint density at radius 1 is 1.18 bits per heavy atom. The molecule has 13 heteroatoms. The number of hydrogen-bond donors (Lipinski definition) is 2. The molecule has 2 N–H and O–H groups in total. The number of sulfonamides is 1. The minimum Gasteiger partial charge on any atom is -0.370 e. The molecule has 6 rings (SSSR count). The lowest BCUT2D eigenvalue weighted by atomic mass is 10.0. The van der Waals surface area contributed by atoms with Gasteiger partial charge < -0.3 is 15.0 Å². The molecule has 1 saturated carbocycles. The molecule has 1 saturated heterocycles. The Morgan fingerprint density at radius 2 is 1.98 bits per heavy atom. The summed E-state index contributed by atoms with van der Waals surface area (Å²) < 4.78 is 33.8. The number of carbonyl (C=O) groups excluding carboxylic acids is 2. The van der Waals surface area contributed by atoms with Crippen LogP contribution in [-0.2, 0) is 26.1 Å². The lowest BCUT2D eigenvalue weighted by molar-refractivity contribution is -0.125. The fourth-order valence-electron chi connectivity index (χ4n) is 5.29. The first-order valence-corrected chi connectivity index (χ1v) is 15.5. The summed E-state index contributed by atoms with van der Waals surface area (Å²) in [5, 5.41) is 3.79. The van der Waals surface area contributed by atoms with Crippen molar-refractivity contribution in [2.24, 2.45) is 5.92 Å². The normalized spacial score (nSPS) is 18.3. The molecule has 3 aromatic rings. The van der Waals surface area contributed by atoms with Crippen LogP contribution in [0.3, 0.4) is 0 Å². The van der Waals surface area contributed by atoms with E-state index in [0.29, 0.717) is 59.2 Å². The zero-order valence-corrected chi connectivity index (χ0v) is 24.1. The molecule has 0 radical (unpaired) electrons. The highest BCUT2D eigenvalue weighted by molar-refractivity contribution is 7.89. The van der Waals surface area contributed by atoms with E-state index < -0.39 is 10.0 Å². The summed E-state index contributed by atoms with van der Waals surface area (Å²) in [7, 11) is -2.54. The molecule has 2 amide bonds. The van der Waals surface area contributed by atoms with Gasteiger partial charge in [0.05, 0.1) is 34.2 Å². The van der Waals surface area contributed by atoms with Gasteiger partial charge in [0.15, 0.2) is 5.13 Å². The van der Waals surface area contributed by atoms with Crippen molar-refractivity contribution in [3.05, 3.63) is 47.2 Å². The number of amides is 2. The van der Waals surface area contributed by atoms with Crippen molar-refractivity contribution in [1.82, 2.24) is 19.6 Å². The van der Waals surface area contributed by atoms with Crippen molar-refractivity contribution in [3.8, 4) is 10.4 Å². The molecule has 4 heterocycles. The summed E-state index contributed by atoms with van der Waals surface area (Å²) in [5.41, 5.74) is 2.36. The molecule has 0 spiro atoms. The van der Waals surface area contributed by atoms with Crippen LogP contribution in [0.2, 0.25) is 0 Å². The molecule has 2 fully saturated rings. The maximum absolute atomic E-state index is 13.4. The fourth-order valence-corrected chi connectivity index (χ4v) is 7.24. The van der Waals surface area contributed by atoms with Crippen molar-refractivity contribution in [1.29, 1.82) is 0 Å². The molecule has 210 valence electrons. The highest BCUT2D eigenvalue weighted by atomic mass is 32.2. The summed E-state index contributed by atoms with van der Waals surface area (Å²) in [5.74, 6) is 1.15. The highest BCUT2D eigenvalue weighted by Gasteiger charge is 2.41. The SMILES string of the molecule is CNS(=O)(=O)c1cc(-c2sc(Nc3cccc(N4CCOCC4=O)n3)nc2C)cc2c1C(=O)N(C(C)C1CC1)C2. The first-order valence-electron chi connectivity index (χ1n) is 13.2. The molecule has 11 nitrogen and oxygen atoms in total. The second-order valence-corrected chi connectivity index (χ2v) is 13.1.